The van der Waals surface area contributed by atoms with Crippen LogP contribution in [0.15, 0.2) is 36.8 Å². The molecule has 2 aromatic rings. The van der Waals surface area contributed by atoms with E-state index in [0.717, 1.165) is 11.4 Å². The van der Waals surface area contributed by atoms with Gasteiger partial charge in [0.25, 0.3) is 0 Å². The number of hydrogen-bond donors (Lipinski definition) is 0. The van der Waals surface area contributed by atoms with Gasteiger partial charge in [0.2, 0.25) is 0 Å². The molecule has 0 atom stereocenters. The highest BCUT2D eigenvalue weighted by atomic mass is 16.5. The summed E-state index contributed by atoms with van der Waals surface area (Å²) >= 11 is 0. The van der Waals surface area contributed by atoms with E-state index in [0.29, 0.717) is 6.61 Å². The van der Waals surface area contributed by atoms with Gasteiger partial charge in [-0.1, -0.05) is 0 Å². The molecule has 2 rings (SSSR count). The lowest BCUT2D eigenvalue weighted by molar-refractivity contribution is 0.181. The van der Waals surface area contributed by atoms with Crippen LogP contribution in [-0.2, 0) is 11.3 Å². The number of rotatable bonds is 3. The molecule has 2 aromatic heterocycles. The predicted octanol–water partition coefficient (Wildman–Crippen LogP) is 1.41. The van der Waals surface area contributed by atoms with E-state index >= 15 is 0 Å². The molecule has 14 heavy (non-hydrogen) atoms. The van der Waals surface area contributed by atoms with Crippen LogP contribution >= 0.6 is 0 Å². The van der Waals surface area contributed by atoms with Crippen molar-refractivity contribution in [1.29, 1.82) is 0 Å². The minimum Gasteiger partial charge on any atom is -0.378 e. The van der Waals surface area contributed by atoms with Gasteiger partial charge in [0.1, 0.15) is 0 Å². The molecule has 2 heterocycles. The molecule has 0 fully saturated rings. The zero-order valence-electron chi connectivity index (χ0n) is 7.92. The van der Waals surface area contributed by atoms with Crippen molar-refractivity contribution in [3.63, 3.8) is 0 Å². The summed E-state index contributed by atoms with van der Waals surface area (Å²) in [5.74, 6) is 0. The quantitative estimate of drug-likeness (QED) is 0.733. The van der Waals surface area contributed by atoms with Crippen molar-refractivity contribution in [3.8, 4) is 5.69 Å². The molecule has 0 bridgehead atoms. The summed E-state index contributed by atoms with van der Waals surface area (Å²) in [5, 5.41) is 4.33. The maximum absolute atomic E-state index is 4.99. The monoisotopic (exact) mass is 189 g/mol. The SMILES string of the molecule is COCc1ccn(-c2ccncc2)n1. The van der Waals surface area contributed by atoms with Gasteiger partial charge < -0.3 is 4.74 Å². The van der Waals surface area contributed by atoms with E-state index in [4.69, 9.17) is 4.74 Å². The lowest BCUT2D eigenvalue weighted by atomic mass is 10.4. The zero-order chi connectivity index (χ0) is 9.80. The summed E-state index contributed by atoms with van der Waals surface area (Å²) in [6, 6.07) is 5.75. The molecule has 72 valence electrons. The van der Waals surface area contributed by atoms with Gasteiger partial charge in [-0.2, -0.15) is 5.10 Å². The van der Waals surface area contributed by atoms with Crippen molar-refractivity contribution in [2.45, 2.75) is 6.61 Å². The Kier molecular flexibility index (Phi) is 2.55. The summed E-state index contributed by atoms with van der Waals surface area (Å²) in [7, 11) is 1.66. The minimum atomic E-state index is 0.540. The van der Waals surface area contributed by atoms with Gasteiger partial charge in [0.15, 0.2) is 0 Å². The third-order valence-corrected chi connectivity index (χ3v) is 1.86. The van der Waals surface area contributed by atoms with Crippen LogP contribution in [0.25, 0.3) is 5.69 Å². The molecule has 0 N–H and O–H groups in total. The zero-order valence-corrected chi connectivity index (χ0v) is 7.92. The molecule has 4 heteroatoms. The topological polar surface area (TPSA) is 39.9 Å². The number of aromatic nitrogens is 3. The van der Waals surface area contributed by atoms with Gasteiger partial charge in [0, 0.05) is 25.7 Å². The Morgan fingerprint density at radius 1 is 1.29 bits per heavy atom. The molecule has 0 saturated heterocycles. The van der Waals surface area contributed by atoms with Gasteiger partial charge >= 0.3 is 0 Å². The second-order valence-corrected chi connectivity index (χ2v) is 2.89. The molecule has 0 spiro atoms. The van der Waals surface area contributed by atoms with E-state index in [1.807, 2.05) is 24.4 Å². The average Bonchev–Trinajstić information content (AvgIpc) is 2.68. The van der Waals surface area contributed by atoms with Crippen molar-refractivity contribution in [2.24, 2.45) is 0 Å². The van der Waals surface area contributed by atoms with Gasteiger partial charge in [-0.05, 0) is 18.2 Å². The van der Waals surface area contributed by atoms with E-state index in [1.165, 1.54) is 0 Å². The van der Waals surface area contributed by atoms with E-state index in [1.54, 1.807) is 24.2 Å². The van der Waals surface area contributed by atoms with Gasteiger partial charge in [-0.3, -0.25) is 4.98 Å². The summed E-state index contributed by atoms with van der Waals surface area (Å²) in [5.41, 5.74) is 1.92. The normalized spacial score (nSPS) is 10.4. The first-order valence-corrected chi connectivity index (χ1v) is 4.34. The molecule has 0 unspecified atom stereocenters. The van der Waals surface area contributed by atoms with Crippen molar-refractivity contribution in [1.82, 2.24) is 14.8 Å². The summed E-state index contributed by atoms with van der Waals surface area (Å²) in [6.45, 7) is 0.540. The summed E-state index contributed by atoms with van der Waals surface area (Å²) < 4.78 is 6.79. The van der Waals surface area contributed by atoms with Gasteiger partial charge in [-0.25, -0.2) is 4.68 Å². The summed E-state index contributed by atoms with van der Waals surface area (Å²) in [4.78, 5) is 3.95. The molecular weight excluding hydrogens is 178 g/mol. The number of hydrogen-bond acceptors (Lipinski definition) is 3. The predicted molar refractivity (Wildman–Crippen MR) is 52.1 cm³/mol. The highest BCUT2D eigenvalue weighted by Crippen LogP contribution is 2.05. The van der Waals surface area contributed by atoms with Crippen molar-refractivity contribution in [2.75, 3.05) is 7.11 Å². The molecule has 4 nitrogen and oxygen atoms in total. The fourth-order valence-corrected chi connectivity index (χ4v) is 1.23. The van der Waals surface area contributed by atoms with Crippen LogP contribution in [0.3, 0.4) is 0 Å². The minimum absolute atomic E-state index is 0.540. The van der Waals surface area contributed by atoms with E-state index in [-0.39, 0.29) is 0 Å². The molecule has 0 saturated carbocycles. The maximum Gasteiger partial charge on any atom is 0.0902 e. The Morgan fingerprint density at radius 3 is 2.79 bits per heavy atom. The molecular formula is C10H11N3O. The van der Waals surface area contributed by atoms with Crippen LogP contribution in [-0.4, -0.2) is 21.9 Å². The lowest BCUT2D eigenvalue weighted by Crippen LogP contribution is -1.96. The smallest absolute Gasteiger partial charge is 0.0902 e. The van der Waals surface area contributed by atoms with E-state index in [2.05, 4.69) is 10.1 Å². The second-order valence-electron chi connectivity index (χ2n) is 2.89. The number of ether oxygens (including phenoxy) is 1. The van der Waals surface area contributed by atoms with Gasteiger partial charge in [0.05, 0.1) is 18.0 Å². The highest BCUT2D eigenvalue weighted by Gasteiger charge is 1.99. The van der Waals surface area contributed by atoms with Crippen LogP contribution in [0.4, 0.5) is 0 Å². The Bertz CT molecular complexity index is 397. The first-order chi connectivity index (χ1) is 6.90. The maximum atomic E-state index is 4.99. The third kappa shape index (κ3) is 1.80. The van der Waals surface area contributed by atoms with Crippen molar-refractivity contribution in [3.05, 3.63) is 42.5 Å². The fourth-order valence-electron chi connectivity index (χ4n) is 1.23. The molecule has 0 aromatic carbocycles. The van der Waals surface area contributed by atoms with Crippen LogP contribution < -0.4 is 0 Å². The van der Waals surface area contributed by atoms with E-state index in [9.17, 15) is 0 Å². The second kappa shape index (κ2) is 4.02. The molecule has 0 radical (unpaired) electrons. The first kappa shape index (κ1) is 8.90. The largest absolute Gasteiger partial charge is 0.378 e. The van der Waals surface area contributed by atoms with Crippen molar-refractivity contribution < 1.29 is 4.74 Å². The molecule has 0 aliphatic heterocycles. The average molecular weight is 189 g/mol. The Hall–Kier alpha value is -1.68. The third-order valence-electron chi connectivity index (χ3n) is 1.86. The number of methoxy groups -OCH3 is 1. The molecule has 0 aliphatic carbocycles. The van der Waals surface area contributed by atoms with Crippen LogP contribution in [0, 0.1) is 0 Å². The Morgan fingerprint density at radius 2 is 2.07 bits per heavy atom. The Labute approximate surface area is 82.2 Å². The van der Waals surface area contributed by atoms with Crippen molar-refractivity contribution >= 4 is 0 Å². The highest BCUT2D eigenvalue weighted by molar-refractivity contribution is 5.27. The standard InChI is InChI=1S/C10H11N3O/c1-14-8-9-4-7-13(12-9)10-2-5-11-6-3-10/h2-7H,8H2,1H3. The van der Waals surface area contributed by atoms with Crippen LogP contribution in [0.5, 0.6) is 0 Å². The lowest BCUT2D eigenvalue weighted by Gasteiger charge is -1.99. The van der Waals surface area contributed by atoms with Crippen LogP contribution in [0.2, 0.25) is 0 Å². The summed E-state index contributed by atoms with van der Waals surface area (Å²) in [6.07, 6.45) is 5.39. The van der Waals surface area contributed by atoms with Gasteiger partial charge in [-0.15, -0.1) is 0 Å². The number of pyridine rings is 1. The molecule has 0 amide bonds. The first-order valence-electron chi connectivity index (χ1n) is 4.34. The fraction of sp³-hybridized carbons (Fsp3) is 0.200. The van der Waals surface area contributed by atoms with Crippen LogP contribution in [0.1, 0.15) is 5.69 Å². The molecule has 0 aliphatic rings. The van der Waals surface area contributed by atoms with E-state index < -0.39 is 0 Å². The Balaban J connectivity index is 2.25. The number of nitrogens with zero attached hydrogens (tertiary/aromatic N) is 3.